The van der Waals surface area contributed by atoms with Crippen LogP contribution in [0, 0.1) is 5.41 Å². The topological polar surface area (TPSA) is 129 Å². The van der Waals surface area contributed by atoms with E-state index in [2.05, 4.69) is 37.6 Å². The Hall–Kier alpha value is -3.04. The summed E-state index contributed by atoms with van der Waals surface area (Å²) in [4.78, 5) is 46.3. The van der Waals surface area contributed by atoms with Crippen LogP contribution in [0.1, 0.15) is 52.4 Å². The second kappa shape index (κ2) is 14.2. The zero-order chi connectivity index (χ0) is 24.7. The third-order valence-corrected chi connectivity index (χ3v) is 5.23. The van der Waals surface area contributed by atoms with Gasteiger partial charge >= 0.3 is 24.1 Å². The van der Waals surface area contributed by atoms with Crippen LogP contribution in [-0.4, -0.2) is 62.6 Å². The molecular formula is C23H36N2O8. The van der Waals surface area contributed by atoms with E-state index in [9.17, 15) is 19.2 Å². The Morgan fingerprint density at radius 1 is 0.848 bits per heavy atom. The van der Waals surface area contributed by atoms with Crippen LogP contribution < -0.4 is 10.6 Å². The Morgan fingerprint density at radius 2 is 1.42 bits per heavy atom. The van der Waals surface area contributed by atoms with Crippen molar-refractivity contribution < 1.29 is 38.1 Å². The summed E-state index contributed by atoms with van der Waals surface area (Å²) in [5.41, 5.74) is -0.499. The van der Waals surface area contributed by atoms with Crippen LogP contribution >= 0.6 is 0 Å². The Labute approximate surface area is 195 Å². The van der Waals surface area contributed by atoms with Crippen molar-refractivity contribution in [3.8, 4) is 0 Å². The lowest BCUT2D eigenvalue weighted by Gasteiger charge is -2.45. The molecule has 0 radical (unpaired) electrons. The van der Waals surface area contributed by atoms with Crippen LogP contribution in [0.3, 0.4) is 0 Å². The van der Waals surface area contributed by atoms with Crippen molar-refractivity contribution in [3.05, 3.63) is 25.3 Å². The zero-order valence-electron chi connectivity index (χ0n) is 19.6. The van der Waals surface area contributed by atoms with Crippen LogP contribution in [0.2, 0.25) is 0 Å². The van der Waals surface area contributed by atoms with Crippen molar-refractivity contribution in [2.45, 2.75) is 57.9 Å². The fraction of sp³-hybridized carbons (Fsp3) is 0.652. The molecule has 2 amide bonds. The number of nitrogens with one attached hydrogen (secondary N) is 2. The van der Waals surface area contributed by atoms with Crippen molar-refractivity contribution in [1.29, 1.82) is 0 Å². The number of hydrogen-bond donors (Lipinski definition) is 2. The summed E-state index contributed by atoms with van der Waals surface area (Å²) in [6.07, 6.45) is 5.27. The highest BCUT2D eigenvalue weighted by molar-refractivity contribution is 5.81. The standard InChI is InChI=1S/C23H36N2O8/c1-5-18(26)30-13-8-14-32-21(29)25-23(10-7-9-22(3,4)17-23)11-12-24-20(28)33-16-15-31-19(27)6-2/h5-6H,1-2,7-17H2,3-4H3,(H,24,28)(H,25,29). The van der Waals surface area contributed by atoms with E-state index in [0.717, 1.165) is 37.8 Å². The van der Waals surface area contributed by atoms with Crippen molar-refractivity contribution >= 4 is 24.1 Å². The Balaban J connectivity index is 2.47. The van der Waals surface area contributed by atoms with Gasteiger partial charge in [-0.25, -0.2) is 19.2 Å². The first-order chi connectivity index (χ1) is 15.6. The summed E-state index contributed by atoms with van der Waals surface area (Å²) in [6, 6.07) is 0. The molecule has 1 rings (SSSR count). The van der Waals surface area contributed by atoms with Crippen LogP contribution in [0.15, 0.2) is 25.3 Å². The second-order valence-corrected chi connectivity index (χ2v) is 8.65. The first-order valence-electron chi connectivity index (χ1n) is 11.1. The maximum atomic E-state index is 12.4. The number of carbonyl (C=O) groups is 4. The minimum Gasteiger partial charge on any atom is -0.462 e. The molecular weight excluding hydrogens is 432 g/mol. The zero-order valence-corrected chi connectivity index (χ0v) is 19.6. The third-order valence-electron chi connectivity index (χ3n) is 5.23. The molecule has 0 saturated heterocycles. The van der Waals surface area contributed by atoms with E-state index in [1.54, 1.807) is 0 Å². The first-order valence-corrected chi connectivity index (χ1v) is 11.1. The fourth-order valence-electron chi connectivity index (χ4n) is 3.88. The molecule has 0 aromatic carbocycles. The lowest BCUT2D eigenvalue weighted by atomic mass is 9.67. The summed E-state index contributed by atoms with van der Waals surface area (Å²) in [5.74, 6) is -1.11. The molecule has 1 aliphatic rings. The van der Waals surface area contributed by atoms with Crippen molar-refractivity contribution in [2.24, 2.45) is 5.41 Å². The molecule has 0 spiro atoms. The van der Waals surface area contributed by atoms with Crippen molar-refractivity contribution in [3.63, 3.8) is 0 Å². The van der Waals surface area contributed by atoms with Crippen LogP contribution in [0.4, 0.5) is 9.59 Å². The van der Waals surface area contributed by atoms with Gasteiger partial charge in [-0.05, 0) is 31.1 Å². The minimum atomic E-state index is -0.633. The van der Waals surface area contributed by atoms with Crippen molar-refractivity contribution in [1.82, 2.24) is 10.6 Å². The number of ether oxygens (including phenoxy) is 4. The number of hydrogen-bond acceptors (Lipinski definition) is 8. The average molecular weight is 469 g/mol. The average Bonchev–Trinajstić information content (AvgIpc) is 2.75. The number of rotatable bonds is 13. The van der Waals surface area contributed by atoms with E-state index in [1.165, 1.54) is 0 Å². The molecule has 186 valence electrons. The molecule has 0 bridgehead atoms. The van der Waals surface area contributed by atoms with Crippen LogP contribution in [0.5, 0.6) is 0 Å². The third kappa shape index (κ3) is 12.0. The number of esters is 2. The smallest absolute Gasteiger partial charge is 0.407 e. The van der Waals surface area contributed by atoms with Gasteiger partial charge in [-0.2, -0.15) is 0 Å². The quantitative estimate of drug-likeness (QED) is 0.183. The monoisotopic (exact) mass is 468 g/mol. The van der Waals surface area contributed by atoms with E-state index >= 15 is 0 Å². The van der Waals surface area contributed by atoms with Gasteiger partial charge in [0.1, 0.15) is 13.2 Å². The summed E-state index contributed by atoms with van der Waals surface area (Å²) < 4.78 is 19.8. The van der Waals surface area contributed by atoms with Gasteiger partial charge in [0, 0.05) is 30.7 Å². The molecule has 0 heterocycles. The Bertz CT molecular complexity index is 707. The summed E-state index contributed by atoms with van der Waals surface area (Å²) >= 11 is 0. The van der Waals surface area contributed by atoms with E-state index in [-0.39, 0.29) is 31.8 Å². The minimum absolute atomic E-state index is 0.0277. The van der Waals surface area contributed by atoms with Gasteiger partial charge < -0.3 is 29.6 Å². The highest BCUT2D eigenvalue weighted by Gasteiger charge is 2.41. The van der Waals surface area contributed by atoms with Crippen LogP contribution in [0.25, 0.3) is 0 Å². The van der Waals surface area contributed by atoms with E-state index in [4.69, 9.17) is 18.9 Å². The Kier molecular flexibility index (Phi) is 12.0. The lowest BCUT2D eigenvalue weighted by molar-refractivity contribution is -0.139. The van der Waals surface area contributed by atoms with Gasteiger partial charge in [0.25, 0.3) is 0 Å². The maximum absolute atomic E-state index is 12.4. The second-order valence-electron chi connectivity index (χ2n) is 8.65. The summed E-state index contributed by atoms with van der Waals surface area (Å²) in [5, 5.41) is 5.66. The predicted octanol–water partition coefficient (Wildman–Crippen LogP) is 3.02. The van der Waals surface area contributed by atoms with E-state index < -0.39 is 29.7 Å². The molecule has 10 heteroatoms. The molecule has 2 N–H and O–H groups in total. The Morgan fingerprint density at radius 3 is 2.06 bits per heavy atom. The molecule has 1 atom stereocenters. The highest BCUT2D eigenvalue weighted by atomic mass is 16.6. The van der Waals surface area contributed by atoms with Gasteiger partial charge in [-0.1, -0.05) is 33.4 Å². The number of amides is 2. The number of carbonyl (C=O) groups excluding carboxylic acids is 4. The first kappa shape index (κ1) is 28.0. The van der Waals surface area contributed by atoms with E-state index in [1.807, 2.05) is 0 Å². The highest BCUT2D eigenvalue weighted by Crippen LogP contribution is 2.42. The maximum Gasteiger partial charge on any atom is 0.407 e. The summed E-state index contributed by atoms with van der Waals surface area (Å²) in [7, 11) is 0. The van der Waals surface area contributed by atoms with Gasteiger partial charge in [-0.15, -0.1) is 0 Å². The molecule has 10 nitrogen and oxygen atoms in total. The van der Waals surface area contributed by atoms with E-state index in [0.29, 0.717) is 19.4 Å². The van der Waals surface area contributed by atoms with Gasteiger partial charge in [0.2, 0.25) is 0 Å². The fourth-order valence-corrected chi connectivity index (χ4v) is 3.88. The molecule has 0 aliphatic heterocycles. The molecule has 1 unspecified atom stereocenters. The predicted molar refractivity (Wildman–Crippen MR) is 120 cm³/mol. The van der Waals surface area contributed by atoms with Crippen molar-refractivity contribution in [2.75, 3.05) is 33.0 Å². The largest absolute Gasteiger partial charge is 0.462 e. The van der Waals surface area contributed by atoms with Gasteiger partial charge in [0.15, 0.2) is 0 Å². The molecule has 0 aromatic heterocycles. The molecule has 1 saturated carbocycles. The lowest BCUT2D eigenvalue weighted by Crippen LogP contribution is -2.54. The molecule has 1 fully saturated rings. The normalized spacial score (nSPS) is 18.8. The SMILES string of the molecule is C=CC(=O)OCCCOC(=O)NC1(CCNC(=O)OCCOC(=O)C=C)CCCC(C)(C)C1. The molecule has 33 heavy (non-hydrogen) atoms. The molecule has 1 aliphatic carbocycles. The van der Waals surface area contributed by atoms with Gasteiger partial charge in [0.05, 0.1) is 13.2 Å². The number of alkyl carbamates (subject to hydrolysis) is 2. The van der Waals surface area contributed by atoms with Gasteiger partial charge in [-0.3, -0.25) is 0 Å². The molecule has 0 aromatic rings. The van der Waals surface area contributed by atoms with Crippen LogP contribution in [-0.2, 0) is 28.5 Å². The summed E-state index contributed by atoms with van der Waals surface area (Å²) in [6.45, 7) is 11.3.